The van der Waals surface area contributed by atoms with Crippen molar-refractivity contribution in [2.24, 2.45) is 0 Å². The summed E-state index contributed by atoms with van der Waals surface area (Å²) in [4.78, 5) is 9.29. The van der Waals surface area contributed by atoms with Crippen LogP contribution in [0.3, 0.4) is 0 Å². The standard InChI is InChI=1S/C33H28FN3O/c34-26-13-11-24(12-14-26)31-32(25-17-19-35-20-18-25)37-27(15-16-30(37)36-31)21-38-33-28-7-3-1-5-22(28)9-10-23-6-2-4-8-29(23)33/h1-8,11-14,17-20,27,33H,9-10,15-16,21H2. The van der Waals surface area contributed by atoms with Gasteiger partial charge in [-0.2, -0.15) is 0 Å². The molecule has 0 spiro atoms. The normalized spacial score (nSPS) is 16.5. The van der Waals surface area contributed by atoms with E-state index in [2.05, 4.69) is 58.1 Å². The van der Waals surface area contributed by atoms with Gasteiger partial charge in [-0.3, -0.25) is 4.98 Å². The number of rotatable bonds is 5. The molecule has 3 aromatic carbocycles. The van der Waals surface area contributed by atoms with Gasteiger partial charge in [-0.25, -0.2) is 9.37 Å². The topological polar surface area (TPSA) is 39.9 Å². The van der Waals surface area contributed by atoms with Gasteiger partial charge in [-0.15, -0.1) is 0 Å². The largest absolute Gasteiger partial charge is 0.367 e. The van der Waals surface area contributed by atoms with Crippen LogP contribution < -0.4 is 0 Å². The molecule has 0 N–H and O–H groups in total. The zero-order valence-corrected chi connectivity index (χ0v) is 21.1. The summed E-state index contributed by atoms with van der Waals surface area (Å²) in [7, 11) is 0. The molecule has 4 nitrogen and oxygen atoms in total. The molecule has 0 fully saturated rings. The van der Waals surface area contributed by atoms with E-state index in [-0.39, 0.29) is 18.0 Å². The van der Waals surface area contributed by atoms with Crippen molar-refractivity contribution < 1.29 is 9.13 Å². The molecular weight excluding hydrogens is 473 g/mol. The highest BCUT2D eigenvalue weighted by Crippen LogP contribution is 2.41. The summed E-state index contributed by atoms with van der Waals surface area (Å²) < 4.78 is 22.9. The zero-order valence-electron chi connectivity index (χ0n) is 21.1. The number of aryl methyl sites for hydroxylation is 3. The van der Waals surface area contributed by atoms with Crippen LogP contribution in [0.2, 0.25) is 0 Å². The fraction of sp³-hybridized carbons (Fsp3) is 0.212. The third-order valence-electron chi connectivity index (χ3n) is 7.92. The molecule has 3 heterocycles. The van der Waals surface area contributed by atoms with Crippen LogP contribution in [0.4, 0.5) is 4.39 Å². The van der Waals surface area contributed by atoms with Crippen LogP contribution in [0.25, 0.3) is 22.5 Å². The van der Waals surface area contributed by atoms with Crippen molar-refractivity contribution in [2.45, 2.75) is 37.8 Å². The molecule has 0 saturated carbocycles. The second kappa shape index (κ2) is 9.66. The molecule has 1 aliphatic carbocycles. The minimum atomic E-state index is -0.249. The fourth-order valence-corrected chi connectivity index (χ4v) is 6.09. The summed E-state index contributed by atoms with van der Waals surface area (Å²) in [5.74, 6) is 0.799. The first-order valence-corrected chi connectivity index (χ1v) is 13.3. The van der Waals surface area contributed by atoms with Gasteiger partial charge in [0.05, 0.1) is 24.0 Å². The van der Waals surface area contributed by atoms with E-state index < -0.39 is 0 Å². The lowest BCUT2D eigenvalue weighted by Crippen LogP contribution is -2.17. The number of hydrogen-bond acceptors (Lipinski definition) is 3. The van der Waals surface area contributed by atoms with E-state index in [1.807, 2.05) is 36.7 Å². The predicted molar refractivity (Wildman–Crippen MR) is 146 cm³/mol. The molecule has 7 rings (SSSR count). The van der Waals surface area contributed by atoms with Crippen LogP contribution >= 0.6 is 0 Å². The van der Waals surface area contributed by atoms with Crippen molar-refractivity contribution in [2.75, 3.05) is 6.61 Å². The van der Waals surface area contributed by atoms with Crippen molar-refractivity contribution in [1.82, 2.24) is 14.5 Å². The number of nitrogens with zero attached hydrogens (tertiary/aromatic N) is 3. The summed E-state index contributed by atoms with van der Waals surface area (Å²) >= 11 is 0. The van der Waals surface area contributed by atoms with Crippen molar-refractivity contribution >= 4 is 0 Å². The smallest absolute Gasteiger partial charge is 0.123 e. The number of halogens is 1. The first kappa shape index (κ1) is 23.1. The van der Waals surface area contributed by atoms with Crippen molar-refractivity contribution in [1.29, 1.82) is 0 Å². The van der Waals surface area contributed by atoms with E-state index in [1.54, 1.807) is 0 Å². The SMILES string of the molecule is Fc1ccc(-c2nc3n(c2-c2ccncc2)C(COC2c4ccccc4CCc4ccccc42)CC3)cc1. The average molecular weight is 502 g/mol. The van der Waals surface area contributed by atoms with Gasteiger partial charge < -0.3 is 9.30 Å². The second-order valence-corrected chi connectivity index (χ2v) is 10.1. The monoisotopic (exact) mass is 501 g/mol. The molecule has 1 aliphatic heterocycles. The molecule has 1 atom stereocenters. The first-order chi connectivity index (χ1) is 18.8. The Balaban J connectivity index is 1.27. The first-order valence-electron chi connectivity index (χ1n) is 13.3. The van der Waals surface area contributed by atoms with Crippen LogP contribution in [-0.4, -0.2) is 21.1 Å². The summed E-state index contributed by atoms with van der Waals surface area (Å²) in [6, 6.07) is 28.2. The van der Waals surface area contributed by atoms with Crippen LogP contribution in [0.1, 0.15) is 46.6 Å². The maximum absolute atomic E-state index is 13.7. The molecule has 2 aromatic heterocycles. The highest BCUT2D eigenvalue weighted by atomic mass is 19.1. The van der Waals surface area contributed by atoms with E-state index in [0.717, 1.165) is 54.0 Å². The van der Waals surface area contributed by atoms with E-state index in [9.17, 15) is 4.39 Å². The Morgan fingerprint density at radius 3 is 2.11 bits per heavy atom. The van der Waals surface area contributed by atoms with E-state index in [1.165, 1.54) is 34.4 Å². The lowest BCUT2D eigenvalue weighted by atomic mass is 9.97. The molecule has 38 heavy (non-hydrogen) atoms. The maximum Gasteiger partial charge on any atom is 0.123 e. The van der Waals surface area contributed by atoms with Crippen LogP contribution in [-0.2, 0) is 24.0 Å². The molecular formula is C33H28FN3O. The quantitative estimate of drug-likeness (QED) is 0.257. The molecule has 5 aromatic rings. The lowest BCUT2D eigenvalue weighted by Gasteiger charge is -2.24. The van der Waals surface area contributed by atoms with Gasteiger partial charge in [-0.1, -0.05) is 48.5 Å². The lowest BCUT2D eigenvalue weighted by molar-refractivity contribution is 0.0565. The maximum atomic E-state index is 13.7. The molecule has 1 unspecified atom stereocenters. The summed E-state index contributed by atoms with van der Waals surface area (Å²) in [5.41, 5.74) is 9.13. The van der Waals surface area contributed by atoms with Gasteiger partial charge in [0.25, 0.3) is 0 Å². The summed E-state index contributed by atoms with van der Waals surface area (Å²) in [6.07, 6.45) is 7.42. The third kappa shape index (κ3) is 4.04. The number of ether oxygens (including phenoxy) is 1. The number of pyridine rings is 1. The van der Waals surface area contributed by atoms with E-state index in [0.29, 0.717) is 6.61 Å². The third-order valence-corrected chi connectivity index (χ3v) is 7.92. The Bertz CT molecular complexity index is 1550. The average Bonchev–Trinajstić information content (AvgIpc) is 3.49. The minimum Gasteiger partial charge on any atom is -0.367 e. The minimum absolute atomic E-state index is 0.0987. The van der Waals surface area contributed by atoms with Crippen LogP contribution in [0, 0.1) is 5.82 Å². The van der Waals surface area contributed by atoms with Gasteiger partial charge >= 0.3 is 0 Å². The van der Waals surface area contributed by atoms with Gasteiger partial charge in [0.2, 0.25) is 0 Å². The van der Waals surface area contributed by atoms with E-state index in [4.69, 9.17) is 9.72 Å². The van der Waals surface area contributed by atoms with Crippen LogP contribution in [0.5, 0.6) is 0 Å². The Morgan fingerprint density at radius 1 is 0.763 bits per heavy atom. The van der Waals surface area contributed by atoms with Crippen molar-refractivity contribution in [3.8, 4) is 22.5 Å². The second-order valence-electron chi connectivity index (χ2n) is 10.1. The van der Waals surface area contributed by atoms with Crippen molar-refractivity contribution in [3.05, 3.63) is 131 Å². The number of aromatic nitrogens is 3. The number of fused-ring (bicyclic) bond motifs is 3. The molecule has 0 amide bonds. The molecule has 0 bridgehead atoms. The molecule has 0 saturated heterocycles. The van der Waals surface area contributed by atoms with Crippen LogP contribution in [0.15, 0.2) is 97.3 Å². The van der Waals surface area contributed by atoms with Gasteiger partial charge in [0, 0.05) is 29.9 Å². The summed E-state index contributed by atoms with van der Waals surface area (Å²) in [5, 5.41) is 0. The highest BCUT2D eigenvalue weighted by Gasteiger charge is 2.32. The number of imidazole rings is 1. The van der Waals surface area contributed by atoms with Gasteiger partial charge in [-0.05, 0) is 77.9 Å². The highest BCUT2D eigenvalue weighted by molar-refractivity contribution is 5.79. The van der Waals surface area contributed by atoms with Crippen molar-refractivity contribution in [3.63, 3.8) is 0 Å². The van der Waals surface area contributed by atoms with E-state index >= 15 is 0 Å². The molecule has 188 valence electrons. The predicted octanol–water partition coefficient (Wildman–Crippen LogP) is 7.14. The molecule has 5 heteroatoms. The fourth-order valence-electron chi connectivity index (χ4n) is 6.09. The Labute approximate surface area is 221 Å². The Hall–Kier alpha value is -4.09. The number of hydrogen-bond donors (Lipinski definition) is 0. The Kier molecular flexibility index (Phi) is 5.86. The Morgan fingerprint density at radius 2 is 1.42 bits per heavy atom. The molecule has 2 aliphatic rings. The zero-order chi connectivity index (χ0) is 25.5. The molecule has 0 radical (unpaired) electrons. The summed E-state index contributed by atoms with van der Waals surface area (Å²) in [6.45, 7) is 0.581. The van der Waals surface area contributed by atoms with Gasteiger partial charge in [0.15, 0.2) is 0 Å². The number of benzene rings is 3. The van der Waals surface area contributed by atoms with Gasteiger partial charge in [0.1, 0.15) is 17.7 Å².